The lowest BCUT2D eigenvalue weighted by Gasteiger charge is -2.30. The van der Waals surface area contributed by atoms with Gasteiger partial charge in [0.25, 0.3) is 11.8 Å². The molecule has 2 heterocycles. The van der Waals surface area contributed by atoms with Crippen LogP contribution in [0.4, 0.5) is 15.8 Å². The Balaban J connectivity index is 1.43. The first-order valence-corrected chi connectivity index (χ1v) is 11.0. The lowest BCUT2D eigenvalue weighted by molar-refractivity contribution is 0.0978. The van der Waals surface area contributed by atoms with Crippen LogP contribution < -0.4 is 10.2 Å². The Labute approximate surface area is 196 Å². The van der Waals surface area contributed by atoms with Crippen LogP contribution in [0.5, 0.6) is 0 Å². The molecule has 6 nitrogen and oxygen atoms in total. The molecule has 1 N–H and O–H groups in total. The number of hydrogen-bond acceptors (Lipinski definition) is 4. The van der Waals surface area contributed by atoms with Crippen LogP contribution in [0.2, 0.25) is 0 Å². The van der Waals surface area contributed by atoms with Gasteiger partial charge in [-0.25, -0.2) is 9.37 Å². The fourth-order valence-electron chi connectivity index (χ4n) is 4.18. The summed E-state index contributed by atoms with van der Waals surface area (Å²) in [5.41, 5.74) is 3.67. The second-order valence-electron chi connectivity index (χ2n) is 8.11. The molecule has 0 radical (unpaired) electrons. The topological polar surface area (TPSA) is 75.4 Å². The average molecular weight is 455 g/mol. The molecular formula is C27H22FN3O3. The van der Waals surface area contributed by atoms with Crippen LogP contribution in [0.15, 0.2) is 77.2 Å². The fraction of sp³-hybridized carbons (Fsp3) is 0.148. The Morgan fingerprint density at radius 2 is 1.76 bits per heavy atom. The maximum Gasteiger partial charge on any atom is 0.280 e. The normalized spacial score (nSPS) is 12.8. The molecule has 0 bridgehead atoms. The predicted molar refractivity (Wildman–Crippen MR) is 127 cm³/mol. The minimum Gasteiger partial charge on any atom is -0.441 e. The predicted octanol–water partition coefficient (Wildman–Crippen LogP) is 5.63. The minimum absolute atomic E-state index is 0.244. The van der Waals surface area contributed by atoms with Crippen molar-refractivity contribution in [1.82, 2.24) is 4.98 Å². The van der Waals surface area contributed by atoms with E-state index in [1.165, 1.54) is 24.3 Å². The first-order valence-electron chi connectivity index (χ1n) is 11.0. The fourth-order valence-corrected chi connectivity index (χ4v) is 4.18. The maximum absolute atomic E-state index is 13.5. The second-order valence-corrected chi connectivity index (χ2v) is 8.11. The molecule has 0 saturated heterocycles. The average Bonchev–Trinajstić information content (AvgIpc) is 3.26. The van der Waals surface area contributed by atoms with Crippen molar-refractivity contribution in [3.63, 3.8) is 0 Å². The number of nitrogens with one attached hydrogen (secondary N) is 1. The summed E-state index contributed by atoms with van der Waals surface area (Å²) in [5, 5.41) is 2.91. The molecular weight excluding hydrogens is 433 g/mol. The zero-order valence-corrected chi connectivity index (χ0v) is 18.5. The number of fused-ring (bicyclic) bond motifs is 1. The molecule has 0 saturated carbocycles. The number of aromatic nitrogens is 1. The highest BCUT2D eigenvalue weighted by atomic mass is 19.1. The van der Waals surface area contributed by atoms with E-state index in [1.54, 1.807) is 17.9 Å². The summed E-state index contributed by atoms with van der Waals surface area (Å²) < 4.78 is 19.0. The van der Waals surface area contributed by atoms with E-state index in [-0.39, 0.29) is 17.5 Å². The first-order chi connectivity index (χ1) is 16.5. The van der Waals surface area contributed by atoms with Crippen molar-refractivity contribution in [3.05, 3.63) is 101 Å². The van der Waals surface area contributed by atoms with E-state index in [0.29, 0.717) is 35.9 Å². The van der Waals surface area contributed by atoms with Crippen molar-refractivity contribution in [2.75, 3.05) is 16.8 Å². The van der Waals surface area contributed by atoms with Gasteiger partial charge in [0, 0.05) is 29.0 Å². The number of carbonyl (C=O) groups is 2. The number of oxazole rings is 1. The Morgan fingerprint density at radius 3 is 2.53 bits per heavy atom. The number of carbonyl (C=O) groups excluding carboxylic acids is 2. The number of hydrogen-bond donors (Lipinski definition) is 1. The first kappa shape index (κ1) is 21.6. The summed E-state index contributed by atoms with van der Waals surface area (Å²) in [4.78, 5) is 32.4. The van der Waals surface area contributed by atoms with E-state index >= 15 is 0 Å². The number of aryl methyl sites for hydroxylation is 1. The lowest BCUT2D eigenvalue weighted by Crippen LogP contribution is -2.36. The quantitative estimate of drug-likeness (QED) is 0.432. The molecule has 34 heavy (non-hydrogen) atoms. The van der Waals surface area contributed by atoms with Gasteiger partial charge >= 0.3 is 0 Å². The van der Waals surface area contributed by atoms with Crippen LogP contribution in [0.1, 0.15) is 38.6 Å². The largest absolute Gasteiger partial charge is 0.441 e. The minimum atomic E-state index is -0.402. The summed E-state index contributed by atoms with van der Waals surface area (Å²) in [6.45, 7) is 2.27. The molecule has 0 unspecified atom stereocenters. The molecule has 3 aromatic carbocycles. The Bertz CT molecular complexity index is 1360. The van der Waals surface area contributed by atoms with E-state index in [2.05, 4.69) is 10.3 Å². The van der Waals surface area contributed by atoms with Crippen LogP contribution in [-0.4, -0.2) is 23.3 Å². The lowest BCUT2D eigenvalue weighted by atomic mass is 9.99. The number of benzene rings is 3. The number of anilines is 2. The molecule has 170 valence electrons. The third-order valence-electron chi connectivity index (χ3n) is 5.87. The Hall–Kier alpha value is -4.26. The second kappa shape index (κ2) is 8.94. The van der Waals surface area contributed by atoms with E-state index in [9.17, 15) is 14.0 Å². The van der Waals surface area contributed by atoms with Gasteiger partial charge in [0.2, 0.25) is 5.89 Å². The van der Waals surface area contributed by atoms with Gasteiger partial charge in [-0.05, 0) is 73.9 Å². The molecule has 0 aliphatic carbocycles. The number of halogens is 1. The van der Waals surface area contributed by atoms with Crippen LogP contribution in [0.25, 0.3) is 11.5 Å². The van der Waals surface area contributed by atoms with Crippen molar-refractivity contribution in [1.29, 1.82) is 0 Å². The molecule has 1 aromatic heterocycles. The SMILES string of the molecule is Cc1oc(-c2ccccc2)nc1C(=O)N1CCCc2c(NC(=O)c3ccc(F)cc3)cccc21. The summed E-state index contributed by atoms with van der Waals surface area (Å²) >= 11 is 0. The van der Waals surface area contributed by atoms with Crippen LogP contribution >= 0.6 is 0 Å². The third kappa shape index (κ3) is 4.08. The number of rotatable bonds is 4. The van der Waals surface area contributed by atoms with Gasteiger partial charge in [-0.15, -0.1) is 0 Å². The van der Waals surface area contributed by atoms with Crippen LogP contribution in [0.3, 0.4) is 0 Å². The van der Waals surface area contributed by atoms with Crippen molar-refractivity contribution >= 4 is 23.2 Å². The molecule has 1 aliphatic rings. The molecule has 5 rings (SSSR count). The monoisotopic (exact) mass is 455 g/mol. The molecule has 0 spiro atoms. The van der Waals surface area contributed by atoms with Gasteiger partial charge in [0.1, 0.15) is 11.6 Å². The van der Waals surface area contributed by atoms with Gasteiger partial charge in [-0.2, -0.15) is 0 Å². The number of nitrogens with zero attached hydrogens (tertiary/aromatic N) is 2. The van der Waals surface area contributed by atoms with Gasteiger partial charge in [0.15, 0.2) is 5.69 Å². The van der Waals surface area contributed by atoms with Crippen molar-refractivity contribution < 1.29 is 18.4 Å². The standard InChI is InChI=1S/C27H22FN3O3/c1-17-24(30-26(34-17)19-7-3-2-4-8-19)27(33)31-16-6-9-21-22(10-5-11-23(21)31)29-25(32)18-12-14-20(28)15-13-18/h2-5,7-8,10-15H,6,9,16H2,1H3,(H,29,32). The molecule has 0 fully saturated rings. The van der Waals surface area contributed by atoms with Crippen LogP contribution in [-0.2, 0) is 6.42 Å². The molecule has 0 atom stereocenters. The van der Waals surface area contributed by atoms with Gasteiger partial charge < -0.3 is 14.6 Å². The van der Waals surface area contributed by atoms with Gasteiger partial charge in [0.05, 0.1) is 0 Å². The summed E-state index contributed by atoms with van der Waals surface area (Å²) in [6, 6.07) is 20.3. The molecule has 7 heteroatoms. The summed E-state index contributed by atoms with van der Waals surface area (Å²) in [5.74, 6) is -0.125. The van der Waals surface area contributed by atoms with Crippen LogP contribution in [0, 0.1) is 12.7 Å². The Kier molecular flexibility index (Phi) is 5.67. The highest BCUT2D eigenvalue weighted by Crippen LogP contribution is 2.34. The zero-order chi connectivity index (χ0) is 23.7. The van der Waals surface area contributed by atoms with Gasteiger partial charge in [-0.1, -0.05) is 24.3 Å². The zero-order valence-electron chi connectivity index (χ0n) is 18.5. The van der Waals surface area contributed by atoms with Crippen molar-refractivity contribution in [3.8, 4) is 11.5 Å². The van der Waals surface area contributed by atoms with E-state index in [1.807, 2.05) is 42.5 Å². The van der Waals surface area contributed by atoms with Crippen molar-refractivity contribution in [2.24, 2.45) is 0 Å². The van der Waals surface area contributed by atoms with E-state index in [4.69, 9.17) is 4.42 Å². The third-order valence-corrected chi connectivity index (χ3v) is 5.87. The van der Waals surface area contributed by atoms with Crippen molar-refractivity contribution in [2.45, 2.75) is 19.8 Å². The Morgan fingerprint density at radius 1 is 1.00 bits per heavy atom. The number of amides is 2. The van der Waals surface area contributed by atoms with E-state index in [0.717, 1.165) is 23.2 Å². The van der Waals surface area contributed by atoms with E-state index < -0.39 is 5.82 Å². The summed E-state index contributed by atoms with van der Waals surface area (Å²) in [7, 11) is 0. The molecule has 4 aromatic rings. The summed E-state index contributed by atoms with van der Waals surface area (Å²) in [6.07, 6.45) is 1.46. The molecule has 2 amide bonds. The smallest absolute Gasteiger partial charge is 0.280 e. The van der Waals surface area contributed by atoms with Gasteiger partial charge in [-0.3, -0.25) is 9.59 Å². The molecule has 1 aliphatic heterocycles. The highest BCUT2D eigenvalue weighted by molar-refractivity contribution is 6.08. The maximum atomic E-state index is 13.5. The highest BCUT2D eigenvalue weighted by Gasteiger charge is 2.29.